The molecular formula is C13H14O3S. The lowest BCUT2D eigenvalue weighted by atomic mass is 10.0. The topological polar surface area (TPSA) is 46.5 Å². The van der Waals surface area contributed by atoms with Crippen LogP contribution in [0, 0.1) is 0 Å². The first kappa shape index (κ1) is 12.2. The molecule has 2 rings (SSSR count). The van der Waals surface area contributed by atoms with Crippen LogP contribution >= 0.6 is 11.8 Å². The summed E-state index contributed by atoms with van der Waals surface area (Å²) in [6.07, 6.45) is -0.790. The van der Waals surface area contributed by atoms with Gasteiger partial charge in [0.05, 0.1) is 17.4 Å². The van der Waals surface area contributed by atoms with Crippen molar-refractivity contribution in [2.45, 2.75) is 18.3 Å². The second-order valence-electron chi connectivity index (χ2n) is 3.71. The van der Waals surface area contributed by atoms with Gasteiger partial charge in [-0.15, -0.1) is 11.8 Å². The van der Waals surface area contributed by atoms with Crippen molar-refractivity contribution in [1.29, 1.82) is 0 Å². The molecule has 2 atom stereocenters. The largest absolute Gasteiger partial charge is 0.463 e. The molecular weight excluding hydrogens is 236 g/mol. The summed E-state index contributed by atoms with van der Waals surface area (Å²) in [6.45, 7) is 2.07. The molecule has 17 heavy (non-hydrogen) atoms. The van der Waals surface area contributed by atoms with Gasteiger partial charge >= 0.3 is 5.97 Å². The molecule has 1 aliphatic heterocycles. The Morgan fingerprint density at radius 1 is 1.41 bits per heavy atom. The number of aliphatic hydroxyl groups excluding tert-OH is 1. The van der Waals surface area contributed by atoms with Gasteiger partial charge in [0.15, 0.2) is 0 Å². The van der Waals surface area contributed by atoms with E-state index in [4.69, 9.17) is 4.74 Å². The van der Waals surface area contributed by atoms with Gasteiger partial charge in [-0.25, -0.2) is 4.79 Å². The molecule has 0 fully saturated rings. The lowest BCUT2D eigenvalue weighted by molar-refractivity contribution is -0.139. The number of carbonyl (C=O) groups is 1. The highest BCUT2D eigenvalue weighted by atomic mass is 32.2. The van der Waals surface area contributed by atoms with Crippen molar-refractivity contribution in [2.24, 2.45) is 0 Å². The van der Waals surface area contributed by atoms with Crippen molar-refractivity contribution < 1.29 is 14.6 Å². The molecule has 1 aromatic carbocycles. The summed E-state index contributed by atoms with van der Waals surface area (Å²) in [5.74, 6) is -0.425. The Hall–Kier alpha value is -1.26. The highest BCUT2D eigenvalue weighted by Crippen LogP contribution is 2.42. The fourth-order valence-electron chi connectivity index (χ4n) is 1.74. The predicted octanol–water partition coefficient (Wildman–Crippen LogP) is 2.28. The first-order chi connectivity index (χ1) is 8.24. The Labute approximate surface area is 104 Å². The fourth-order valence-corrected chi connectivity index (χ4v) is 2.88. The molecule has 1 N–H and O–H groups in total. The van der Waals surface area contributed by atoms with Gasteiger partial charge in [0.25, 0.3) is 0 Å². The van der Waals surface area contributed by atoms with Crippen LogP contribution in [0.5, 0.6) is 0 Å². The van der Waals surface area contributed by atoms with E-state index in [1.165, 1.54) is 11.8 Å². The van der Waals surface area contributed by atoms with E-state index < -0.39 is 12.1 Å². The monoisotopic (exact) mass is 250 g/mol. The summed E-state index contributed by atoms with van der Waals surface area (Å²) in [5.41, 5.74) is 1.37. The number of hydrogen-bond donors (Lipinski definition) is 1. The summed E-state index contributed by atoms with van der Waals surface area (Å²) in [5, 5.41) is 11.7. The van der Waals surface area contributed by atoms with E-state index in [2.05, 4.69) is 0 Å². The molecule has 0 bridgehead atoms. The minimum absolute atomic E-state index is 0.115. The lowest BCUT2D eigenvalue weighted by Gasteiger charge is -2.16. The van der Waals surface area contributed by atoms with Crippen molar-refractivity contribution >= 4 is 17.7 Å². The van der Waals surface area contributed by atoms with Crippen LogP contribution in [-0.4, -0.2) is 23.8 Å². The number of aliphatic hydroxyl groups is 1. The smallest absolute Gasteiger partial charge is 0.337 e. The van der Waals surface area contributed by atoms with Crippen molar-refractivity contribution in [2.75, 3.05) is 6.61 Å². The van der Waals surface area contributed by atoms with E-state index in [1.54, 1.807) is 12.3 Å². The van der Waals surface area contributed by atoms with Gasteiger partial charge in [-0.05, 0) is 17.9 Å². The molecule has 1 aliphatic rings. The van der Waals surface area contributed by atoms with Crippen molar-refractivity contribution in [3.8, 4) is 0 Å². The van der Waals surface area contributed by atoms with E-state index in [0.717, 1.165) is 5.56 Å². The normalized spacial score (nSPS) is 23.3. The zero-order valence-corrected chi connectivity index (χ0v) is 10.3. The van der Waals surface area contributed by atoms with Crippen LogP contribution in [0.1, 0.15) is 17.7 Å². The number of hydrogen-bond acceptors (Lipinski definition) is 4. The van der Waals surface area contributed by atoms with E-state index >= 15 is 0 Å². The second kappa shape index (κ2) is 5.38. The summed E-state index contributed by atoms with van der Waals surface area (Å²) in [6, 6.07) is 9.66. The first-order valence-electron chi connectivity index (χ1n) is 5.49. The molecule has 0 aromatic heterocycles. The molecule has 1 aromatic rings. The number of ether oxygens (including phenoxy) is 1. The minimum atomic E-state index is -0.790. The van der Waals surface area contributed by atoms with Gasteiger partial charge in [-0.1, -0.05) is 30.3 Å². The highest BCUT2D eigenvalue weighted by molar-refractivity contribution is 8.02. The average molecular weight is 250 g/mol. The average Bonchev–Trinajstić information content (AvgIpc) is 2.72. The third-order valence-corrected chi connectivity index (χ3v) is 3.80. The molecule has 4 heteroatoms. The molecule has 1 heterocycles. The maximum atomic E-state index is 11.6. The standard InChI is InChI=1S/C13H14O3S/c1-2-16-13(15)10-8-17-12(11(10)14)9-6-4-3-5-7-9/h3-8,11-12,14H,2H2,1H3. The van der Waals surface area contributed by atoms with Crippen LogP contribution in [0.25, 0.3) is 0 Å². The second-order valence-corrected chi connectivity index (χ2v) is 4.72. The van der Waals surface area contributed by atoms with Crippen LogP contribution < -0.4 is 0 Å². The first-order valence-corrected chi connectivity index (χ1v) is 6.44. The molecule has 0 aliphatic carbocycles. The molecule has 2 unspecified atom stereocenters. The van der Waals surface area contributed by atoms with E-state index in [0.29, 0.717) is 12.2 Å². The summed E-state index contributed by atoms with van der Waals surface area (Å²) in [7, 11) is 0. The fraction of sp³-hybridized carbons (Fsp3) is 0.308. The SMILES string of the molecule is CCOC(=O)C1=CSC(c2ccccc2)C1O. The van der Waals surface area contributed by atoms with Crippen LogP contribution in [0.2, 0.25) is 0 Å². The molecule has 0 spiro atoms. The summed E-state index contributed by atoms with van der Waals surface area (Å²) in [4.78, 5) is 11.6. The minimum Gasteiger partial charge on any atom is -0.463 e. The van der Waals surface area contributed by atoms with Crippen molar-refractivity contribution in [3.63, 3.8) is 0 Å². The summed E-state index contributed by atoms with van der Waals surface area (Å²) >= 11 is 1.45. The summed E-state index contributed by atoms with van der Waals surface area (Å²) < 4.78 is 4.90. The van der Waals surface area contributed by atoms with Crippen LogP contribution in [0.3, 0.4) is 0 Å². The number of rotatable bonds is 3. The molecule has 0 amide bonds. The third kappa shape index (κ3) is 2.53. The number of benzene rings is 1. The van der Waals surface area contributed by atoms with Gasteiger partial charge in [0.1, 0.15) is 6.10 Å². The van der Waals surface area contributed by atoms with Gasteiger partial charge in [-0.2, -0.15) is 0 Å². The highest BCUT2D eigenvalue weighted by Gasteiger charge is 2.34. The Morgan fingerprint density at radius 2 is 2.12 bits per heavy atom. The van der Waals surface area contributed by atoms with Gasteiger partial charge in [0.2, 0.25) is 0 Å². The predicted molar refractivity (Wildman–Crippen MR) is 67.5 cm³/mol. The molecule has 3 nitrogen and oxygen atoms in total. The zero-order chi connectivity index (χ0) is 12.3. The lowest BCUT2D eigenvalue weighted by Crippen LogP contribution is -2.21. The van der Waals surface area contributed by atoms with E-state index in [1.807, 2.05) is 30.3 Å². The van der Waals surface area contributed by atoms with Crippen molar-refractivity contribution in [1.82, 2.24) is 0 Å². The number of thioether (sulfide) groups is 1. The number of carbonyl (C=O) groups excluding carboxylic acids is 1. The Balaban J connectivity index is 2.11. The molecule has 90 valence electrons. The molecule has 0 saturated heterocycles. The molecule has 0 saturated carbocycles. The maximum Gasteiger partial charge on any atom is 0.337 e. The van der Waals surface area contributed by atoms with E-state index in [9.17, 15) is 9.90 Å². The van der Waals surface area contributed by atoms with Gasteiger partial charge in [-0.3, -0.25) is 0 Å². The molecule has 0 radical (unpaired) electrons. The van der Waals surface area contributed by atoms with Gasteiger partial charge in [0, 0.05) is 0 Å². The maximum absolute atomic E-state index is 11.6. The van der Waals surface area contributed by atoms with Crippen LogP contribution in [0.4, 0.5) is 0 Å². The van der Waals surface area contributed by atoms with E-state index in [-0.39, 0.29) is 5.25 Å². The van der Waals surface area contributed by atoms with Gasteiger partial charge < -0.3 is 9.84 Å². The zero-order valence-electron chi connectivity index (χ0n) is 9.50. The Bertz CT molecular complexity index is 428. The van der Waals surface area contributed by atoms with Crippen LogP contribution in [0.15, 0.2) is 41.3 Å². The quantitative estimate of drug-likeness (QED) is 0.836. The Morgan fingerprint density at radius 3 is 2.76 bits per heavy atom. The van der Waals surface area contributed by atoms with Crippen molar-refractivity contribution in [3.05, 3.63) is 46.9 Å². The third-order valence-electron chi connectivity index (χ3n) is 2.59. The Kier molecular flexibility index (Phi) is 3.86. The number of esters is 1. The van der Waals surface area contributed by atoms with Crippen LogP contribution in [-0.2, 0) is 9.53 Å².